The molecule has 0 atom stereocenters. The van der Waals surface area contributed by atoms with Gasteiger partial charge in [-0.3, -0.25) is 0 Å². The van der Waals surface area contributed by atoms with Crippen LogP contribution in [0.4, 0.5) is 13.6 Å². The highest BCUT2D eigenvalue weighted by Crippen LogP contribution is 2.36. The molecule has 2 aromatic carbocycles. The Bertz CT molecular complexity index is 956. The second-order valence-electron chi connectivity index (χ2n) is 5.86. The molecular formula is C20H18F2N2O5. The van der Waals surface area contributed by atoms with Crippen molar-refractivity contribution >= 4 is 6.09 Å². The van der Waals surface area contributed by atoms with Crippen LogP contribution in [0.2, 0.25) is 0 Å². The molecule has 9 heteroatoms. The number of ether oxygens (including phenoxy) is 2. The fraction of sp³-hybridized carbons (Fsp3) is 0.200. The maximum atomic E-state index is 13.2. The molecule has 0 unspecified atom stereocenters. The lowest BCUT2D eigenvalue weighted by Crippen LogP contribution is -2.26. The molecule has 0 bridgehead atoms. The van der Waals surface area contributed by atoms with E-state index in [1.165, 1.54) is 7.11 Å². The summed E-state index contributed by atoms with van der Waals surface area (Å²) in [7, 11) is 1.53. The number of aromatic nitrogens is 1. The van der Waals surface area contributed by atoms with Gasteiger partial charge in [-0.25, -0.2) is 9.78 Å². The van der Waals surface area contributed by atoms with Gasteiger partial charge in [-0.15, -0.1) is 0 Å². The number of oxazole rings is 1. The summed E-state index contributed by atoms with van der Waals surface area (Å²) in [6, 6.07) is 13.4. The van der Waals surface area contributed by atoms with E-state index < -0.39 is 18.4 Å². The lowest BCUT2D eigenvalue weighted by atomic mass is 10.1. The van der Waals surface area contributed by atoms with Gasteiger partial charge in [0.2, 0.25) is 0 Å². The summed E-state index contributed by atoms with van der Waals surface area (Å²) in [6.45, 7) is 0.294. The SMILES string of the molecule is COc1ccc(-c2oc(C(F)F)nc2-c2ccc(OCCNC(=O)O)cc2)cc1. The van der Waals surface area contributed by atoms with Crippen LogP contribution in [0.25, 0.3) is 22.6 Å². The maximum absolute atomic E-state index is 13.2. The topological polar surface area (TPSA) is 93.8 Å². The Kier molecular flexibility index (Phi) is 6.28. The molecule has 1 aromatic heterocycles. The predicted octanol–water partition coefficient (Wildman–Crippen LogP) is 4.60. The van der Waals surface area contributed by atoms with Crippen LogP contribution in [0, 0.1) is 0 Å². The number of rotatable bonds is 8. The number of halogens is 2. The Morgan fingerprint density at radius 2 is 1.72 bits per heavy atom. The smallest absolute Gasteiger partial charge is 0.404 e. The minimum atomic E-state index is -2.84. The molecule has 0 aliphatic carbocycles. The summed E-state index contributed by atoms with van der Waals surface area (Å²) in [4.78, 5) is 14.4. The number of amides is 1. The molecule has 2 N–H and O–H groups in total. The van der Waals surface area contributed by atoms with Crippen LogP contribution in [0.15, 0.2) is 52.9 Å². The fourth-order valence-electron chi connectivity index (χ4n) is 2.60. The number of hydrogen-bond donors (Lipinski definition) is 2. The molecule has 7 nitrogen and oxygen atoms in total. The molecule has 1 amide bonds. The highest BCUT2D eigenvalue weighted by atomic mass is 19.3. The van der Waals surface area contributed by atoms with Gasteiger partial charge in [0.05, 0.1) is 13.7 Å². The van der Waals surface area contributed by atoms with Gasteiger partial charge in [0.1, 0.15) is 23.8 Å². The number of benzene rings is 2. The Hall–Kier alpha value is -3.62. The molecule has 152 valence electrons. The second kappa shape index (κ2) is 9.05. The largest absolute Gasteiger partial charge is 0.497 e. The molecule has 0 saturated heterocycles. The third kappa shape index (κ3) is 5.01. The van der Waals surface area contributed by atoms with E-state index in [0.29, 0.717) is 22.6 Å². The molecule has 3 rings (SSSR count). The number of alkyl halides is 2. The lowest BCUT2D eigenvalue weighted by molar-refractivity contribution is 0.116. The Morgan fingerprint density at radius 3 is 2.31 bits per heavy atom. The first kappa shape index (κ1) is 20.1. The summed E-state index contributed by atoms with van der Waals surface area (Å²) >= 11 is 0. The fourth-order valence-corrected chi connectivity index (χ4v) is 2.60. The van der Waals surface area contributed by atoms with Gasteiger partial charge < -0.3 is 24.3 Å². The third-order valence-electron chi connectivity index (χ3n) is 3.96. The van der Waals surface area contributed by atoms with E-state index in [1.807, 2.05) is 0 Å². The van der Waals surface area contributed by atoms with E-state index in [0.717, 1.165) is 0 Å². The molecule has 0 radical (unpaired) electrons. The summed E-state index contributed by atoms with van der Waals surface area (Å²) in [5.41, 5.74) is 1.44. The number of carboxylic acid groups (broad SMARTS) is 1. The van der Waals surface area contributed by atoms with Crippen LogP contribution < -0.4 is 14.8 Å². The molecule has 0 fully saturated rings. The van der Waals surface area contributed by atoms with Crippen molar-refractivity contribution in [3.05, 3.63) is 54.4 Å². The summed E-state index contributed by atoms with van der Waals surface area (Å²) < 4.78 is 42.2. The predicted molar refractivity (Wildman–Crippen MR) is 100 cm³/mol. The second-order valence-corrected chi connectivity index (χ2v) is 5.86. The molecule has 0 aliphatic rings. The zero-order valence-electron chi connectivity index (χ0n) is 15.4. The molecule has 29 heavy (non-hydrogen) atoms. The van der Waals surface area contributed by atoms with Crippen LogP contribution in [-0.2, 0) is 0 Å². The van der Waals surface area contributed by atoms with Crippen molar-refractivity contribution in [3.8, 4) is 34.1 Å². The monoisotopic (exact) mass is 404 g/mol. The molecule has 0 spiro atoms. The maximum Gasteiger partial charge on any atom is 0.404 e. The highest BCUT2D eigenvalue weighted by Gasteiger charge is 2.22. The van der Waals surface area contributed by atoms with E-state index in [2.05, 4.69) is 10.3 Å². The van der Waals surface area contributed by atoms with E-state index in [4.69, 9.17) is 19.0 Å². The van der Waals surface area contributed by atoms with Gasteiger partial charge in [-0.2, -0.15) is 8.78 Å². The summed E-state index contributed by atoms with van der Waals surface area (Å²) in [6.07, 6.45) is -3.97. The van der Waals surface area contributed by atoms with Gasteiger partial charge in [0.25, 0.3) is 5.89 Å². The van der Waals surface area contributed by atoms with Gasteiger partial charge in [0, 0.05) is 11.1 Å². The lowest BCUT2D eigenvalue weighted by Gasteiger charge is -2.07. The Balaban J connectivity index is 1.84. The number of hydrogen-bond acceptors (Lipinski definition) is 5. The molecule has 0 aliphatic heterocycles. The van der Waals surface area contributed by atoms with E-state index in [1.54, 1.807) is 48.5 Å². The Labute approximate surface area is 164 Å². The summed E-state index contributed by atoms with van der Waals surface area (Å²) in [5, 5.41) is 10.7. The van der Waals surface area contributed by atoms with E-state index in [-0.39, 0.29) is 24.6 Å². The van der Waals surface area contributed by atoms with Crippen LogP contribution in [0.5, 0.6) is 11.5 Å². The number of carbonyl (C=O) groups is 1. The number of methoxy groups -OCH3 is 1. The third-order valence-corrected chi connectivity index (χ3v) is 3.96. The number of nitrogens with one attached hydrogen (secondary N) is 1. The zero-order chi connectivity index (χ0) is 20.8. The first-order valence-corrected chi connectivity index (χ1v) is 8.61. The molecular weight excluding hydrogens is 386 g/mol. The van der Waals surface area contributed by atoms with Crippen LogP contribution in [-0.4, -0.2) is 36.4 Å². The van der Waals surface area contributed by atoms with Crippen LogP contribution in [0.1, 0.15) is 12.3 Å². The van der Waals surface area contributed by atoms with Gasteiger partial charge >= 0.3 is 12.5 Å². The zero-order valence-corrected chi connectivity index (χ0v) is 15.4. The van der Waals surface area contributed by atoms with Gasteiger partial charge in [-0.05, 0) is 48.5 Å². The van der Waals surface area contributed by atoms with Crippen molar-refractivity contribution in [2.75, 3.05) is 20.3 Å². The van der Waals surface area contributed by atoms with Crippen molar-refractivity contribution < 1.29 is 32.6 Å². The van der Waals surface area contributed by atoms with Crippen LogP contribution in [0.3, 0.4) is 0 Å². The van der Waals surface area contributed by atoms with Crippen molar-refractivity contribution in [3.63, 3.8) is 0 Å². The normalized spacial score (nSPS) is 10.8. The molecule has 0 saturated carbocycles. The van der Waals surface area contributed by atoms with Crippen molar-refractivity contribution in [2.24, 2.45) is 0 Å². The van der Waals surface area contributed by atoms with Gasteiger partial charge in [-0.1, -0.05) is 0 Å². The minimum absolute atomic E-state index is 0.139. The molecule has 3 aromatic rings. The van der Waals surface area contributed by atoms with Crippen molar-refractivity contribution in [1.29, 1.82) is 0 Å². The first-order chi connectivity index (χ1) is 14.0. The number of nitrogens with zero attached hydrogens (tertiary/aromatic N) is 1. The quantitative estimate of drug-likeness (QED) is 0.533. The van der Waals surface area contributed by atoms with E-state index >= 15 is 0 Å². The standard InChI is InChI=1S/C20H18F2N2O5/c1-27-14-6-4-13(5-7-14)17-16(24-19(29-17)18(21)22)12-2-8-15(9-3-12)28-11-10-23-20(25)26/h2-9,18,23H,10-11H2,1H3,(H,25,26). The summed E-state index contributed by atoms with van der Waals surface area (Å²) in [5.74, 6) is 0.695. The molecule has 1 heterocycles. The minimum Gasteiger partial charge on any atom is -0.497 e. The van der Waals surface area contributed by atoms with Crippen molar-refractivity contribution in [2.45, 2.75) is 6.43 Å². The average Bonchev–Trinajstić information content (AvgIpc) is 3.17. The van der Waals surface area contributed by atoms with Crippen LogP contribution >= 0.6 is 0 Å². The Morgan fingerprint density at radius 1 is 1.10 bits per heavy atom. The first-order valence-electron chi connectivity index (χ1n) is 8.61. The van der Waals surface area contributed by atoms with Gasteiger partial charge in [0.15, 0.2) is 5.76 Å². The van der Waals surface area contributed by atoms with Crippen molar-refractivity contribution in [1.82, 2.24) is 10.3 Å². The average molecular weight is 404 g/mol. The highest BCUT2D eigenvalue weighted by molar-refractivity contribution is 5.77. The van der Waals surface area contributed by atoms with E-state index in [9.17, 15) is 13.6 Å².